The van der Waals surface area contributed by atoms with Gasteiger partial charge in [-0.3, -0.25) is 9.89 Å². The van der Waals surface area contributed by atoms with Crippen LogP contribution < -0.4 is 5.32 Å². The minimum absolute atomic E-state index is 0.124. The summed E-state index contributed by atoms with van der Waals surface area (Å²) in [6, 6.07) is 0. The minimum atomic E-state index is -0.525. The molecule has 0 bridgehead atoms. The Morgan fingerprint density at radius 3 is 2.76 bits per heavy atom. The predicted octanol–water partition coefficient (Wildman–Crippen LogP) is 0.504. The zero-order valence-corrected chi connectivity index (χ0v) is 10.5. The predicted molar refractivity (Wildman–Crippen MR) is 63.6 cm³/mol. The van der Waals surface area contributed by atoms with E-state index in [1.807, 2.05) is 20.8 Å². The van der Waals surface area contributed by atoms with E-state index in [9.17, 15) is 9.90 Å². The van der Waals surface area contributed by atoms with Crippen molar-refractivity contribution in [3.05, 3.63) is 11.6 Å². The Balaban J connectivity index is 2.39. The summed E-state index contributed by atoms with van der Waals surface area (Å²) in [5.74, 6) is 0.845. The van der Waals surface area contributed by atoms with Gasteiger partial charge in [0.1, 0.15) is 5.82 Å². The number of aryl methyl sites for hydroxylation is 1. The van der Waals surface area contributed by atoms with Gasteiger partial charge >= 0.3 is 0 Å². The van der Waals surface area contributed by atoms with Crippen molar-refractivity contribution in [2.24, 2.45) is 5.92 Å². The molecule has 0 aliphatic carbocycles. The van der Waals surface area contributed by atoms with Crippen LogP contribution in [0.5, 0.6) is 0 Å². The van der Waals surface area contributed by atoms with Gasteiger partial charge in [0, 0.05) is 13.0 Å². The number of hydrogen-bond donors (Lipinski definition) is 3. The molecule has 0 fully saturated rings. The van der Waals surface area contributed by atoms with Crippen LogP contribution in [0.3, 0.4) is 0 Å². The van der Waals surface area contributed by atoms with Crippen LogP contribution >= 0.6 is 0 Å². The molecule has 96 valence electrons. The molecule has 1 rings (SSSR count). The van der Waals surface area contributed by atoms with Crippen molar-refractivity contribution < 1.29 is 9.90 Å². The van der Waals surface area contributed by atoms with Gasteiger partial charge in [0.05, 0.1) is 6.10 Å². The molecule has 0 aliphatic rings. The van der Waals surface area contributed by atoms with Crippen molar-refractivity contribution >= 4 is 5.91 Å². The molecule has 1 atom stereocenters. The second-order valence-electron chi connectivity index (χ2n) is 4.45. The van der Waals surface area contributed by atoms with E-state index >= 15 is 0 Å². The molecule has 6 nitrogen and oxygen atoms in total. The maximum Gasteiger partial charge on any atom is 0.291 e. The fourth-order valence-corrected chi connectivity index (χ4v) is 1.47. The molecule has 0 aliphatic heterocycles. The van der Waals surface area contributed by atoms with E-state index in [-0.39, 0.29) is 18.3 Å². The summed E-state index contributed by atoms with van der Waals surface area (Å²) in [6.07, 6.45) is 0.841. The number of rotatable bonds is 6. The normalized spacial score (nSPS) is 12.8. The molecule has 0 saturated heterocycles. The third-order valence-corrected chi connectivity index (χ3v) is 2.31. The Hall–Kier alpha value is -1.43. The van der Waals surface area contributed by atoms with Gasteiger partial charge < -0.3 is 10.4 Å². The number of carbonyl (C=O) groups is 1. The molecule has 0 spiro atoms. The first-order valence-electron chi connectivity index (χ1n) is 5.90. The first-order valence-corrected chi connectivity index (χ1v) is 5.90. The summed E-state index contributed by atoms with van der Waals surface area (Å²) < 4.78 is 0. The van der Waals surface area contributed by atoms with Gasteiger partial charge in [-0.25, -0.2) is 4.98 Å². The Labute approximate surface area is 101 Å². The van der Waals surface area contributed by atoms with Gasteiger partial charge in [0.15, 0.2) is 0 Å². The molecule has 3 N–H and O–H groups in total. The van der Waals surface area contributed by atoms with Crippen molar-refractivity contribution in [3.63, 3.8) is 0 Å². The van der Waals surface area contributed by atoms with Gasteiger partial charge in [-0.1, -0.05) is 20.8 Å². The first kappa shape index (κ1) is 13.6. The number of aromatic amines is 1. The molecule has 1 aromatic heterocycles. The van der Waals surface area contributed by atoms with E-state index in [0.717, 1.165) is 0 Å². The van der Waals surface area contributed by atoms with Crippen LogP contribution in [0, 0.1) is 5.92 Å². The van der Waals surface area contributed by atoms with Crippen LogP contribution in [-0.4, -0.2) is 38.8 Å². The van der Waals surface area contributed by atoms with E-state index in [4.69, 9.17) is 0 Å². The molecular weight excluding hydrogens is 220 g/mol. The summed E-state index contributed by atoms with van der Waals surface area (Å²) in [5, 5.41) is 18.7. The molecule has 17 heavy (non-hydrogen) atoms. The van der Waals surface area contributed by atoms with Crippen LogP contribution in [0.2, 0.25) is 0 Å². The molecular formula is C11H20N4O2. The smallest absolute Gasteiger partial charge is 0.291 e. The number of hydrogen-bond acceptors (Lipinski definition) is 4. The number of carbonyl (C=O) groups excluding carboxylic acids is 1. The fourth-order valence-electron chi connectivity index (χ4n) is 1.47. The standard InChI is InChI=1S/C11H20N4O2/c1-4-9-13-10(15-14-9)11(17)12-6-8(16)5-7(2)3/h7-8,16H,4-6H2,1-3H3,(H,12,17)(H,13,14,15). The summed E-state index contributed by atoms with van der Waals surface area (Å²) in [5.41, 5.74) is 0. The van der Waals surface area contributed by atoms with Gasteiger partial charge in [-0.2, -0.15) is 0 Å². The Bertz CT molecular complexity index is 362. The number of aliphatic hydroxyl groups is 1. The molecule has 0 radical (unpaired) electrons. The van der Waals surface area contributed by atoms with E-state index in [1.54, 1.807) is 0 Å². The van der Waals surface area contributed by atoms with Gasteiger partial charge in [-0.15, -0.1) is 5.10 Å². The topological polar surface area (TPSA) is 90.9 Å². The zero-order chi connectivity index (χ0) is 12.8. The summed E-state index contributed by atoms with van der Waals surface area (Å²) in [4.78, 5) is 15.6. The monoisotopic (exact) mass is 240 g/mol. The highest BCUT2D eigenvalue weighted by atomic mass is 16.3. The Morgan fingerprint density at radius 2 is 2.24 bits per heavy atom. The highest BCUT2D eigenvalue weighted by Gasteiger charge is 2.13. The molecule has 1 amide bonds. The number of amides is 1. The molecule has 6 heteroatoms. The minimum Gasteiger partial charge on any atom is -0.391 e. The lowest BCUT2D eigenvalue weighted by atomic mass is 10.1. The van der Waals surface area contributed by atoms with Crippen molar-refractivity contribution in [2.75, 3.05) is 6.54 Å². The second-order valence-corrected chi connectivity index (χ2v) is 4.45. The van der Waals surface area contributed by atoms with E-state index < -0.39 is 6.10 Å². The lowest BCUT2D eigenvalue weighted by Gasteiger charge is -2.12. The van der Waals surface area contributed by atoms with Crippen molar-refractivity contribution in [3.8, 4) is 0 Å². The summed E-state index contributed by atoms with van der Waals surface area (Å²) in [7, 11) is 0. The number of aliphatic hydroxyl groups excluding tert-OH is 1. The SMILES string of the molecule is CCc1nc(C(=O)NCC(O)CC(C)C)n[nH]1. The zero-order valence-electron chi connectivity index (χ0n) is 10.5. The van der Waals surface area contributed by atoms with Crippen molar-refractivity contribution in [2.45, 2.75) is 39.7 Å². The number of nitrogens with zero attached hydrogens (tertiary/aromatic N) is 2. The highest BCUT2D eigenvalue weighted by Crippen LogP contribution is 2.03. The van der Waals surface area contributed by atoms with Crippen LogP contribution in [0.25, 0.3) is 0 Å². The molecule has 0 saturated carbocycles. The lowest BCUT2D eigenvalue weighted by Crippen LogP contribution is -2.33. The molecule has 1 unspecified atom stereocenters. The number of aromatic nitrogens is 3. The van der Waals surface area contributed by atoms with Crippen LogP contribution in [0.15, 0.2) is 0 Å². The quantitative estimate of drug-likeness (QED) is 0.675. The van der Waals surface area contributed by atoms with Crippen molar-refractivity contribution in [1.82, 2.24) is 20.5 Å². The first-order chi connectivity index (χ1) is 8.02. The van der Waals surface area contributed by atoms with Crippen LogP contribution in [0.1, 0.15) is 43.6 Å². The largest absolute Gasteiger partial charge is 0.391 e. The van der Waals surface area contributed by atoms with Gasteiger partial charge in [-0.05, 0) is 12.3 Å². The van der Waals surface area contributed by atoms with Crippen LogP contribution in [-0.2, 0) is 6.42 Å². The van der Waals surface area contributed by atoms with E-state index in [0.29, 0.717) is 24.6 Å². The highest BCUT2D eigenvalue weighted by molar-refractivity contribution is 5.90. The fraction of sp³-hybridized carbons (Fsp3) is 0.727. The number of H-pyrrole nitrogens is 1. The lowest BCUT2D eigenvalue weighted by molar-refractivity contribution is 0.0890. The summed E-state index contributed by atoms with van der Waals surface area (Å²) >= 11 is 0. The summed E-state index contributed by atoms with van der Waals surface area (Å²) in [6.45, 7) is 6.20. The average molecular weight is 240 g/mol. The third kappa shape index (κ3) is 4.52. The average Bonchev–Trinajstić information content (AvgIpc) is 2.73. The molecule has 1 aromatic rings. The number of nitrogens with one attached hydrogen (secondary N) is 2. The van der Waals surface area contributed by atoms with Gasteiger partial charge in [0.25, 0.3) is 5.91 Å². The van der Waals surface area contributed by atoms with E-state index in [2.05, 4.69) is 20.5 Å². The molecule has 0 aromatic carbocycles. The third-order valence-electron chi connectivity index (χ3n) is 2.31. The van der Waals surface area contributed by atoms with E-state index in [1.165, 1.54) is 0 Å². The Kier molecular flexibility index (Phi) is 5.09. The molecule has 1 heterocycles. The Morgan fingerprint density at radius 1 is 1.53 bits per heavy atom. The van der Waals surface area contributed by atoms with Gasteiger partial charge in [0.2, 0.25) is 5.82 Å². The maximum absolute atomic E-state index is 11.6. The van der Waals surface area contributed by atoms with Crippen LogP contribution in [0.4, 0.5) is 0 Å². The van der Waals surface area contributed by atoms with Crippen molar-refractivity contribution in [1.29, 1.82) is 0 Å². The second kappa shape index (κ2) is 6.34. The maximum atomic E-state index is 11.6.